The first-order valence-electron chi connectivity index (χ1n) is 2.35. The SMILES string of the molecule is ClCc1cc(Cl)ncn1. The minimum Gasteiger partial charge on any atom is -0.240 e. The summed E-state index contributed by atoms with van der Waals surface area (Å²) in [6.07, 6.45) is 1.39. The molecule has 4 heteroatoms. The monoisotopic (exact) mass is 162 g/mol. The third kappa shape index (κ3) is 1.80. The van der Waals surface area contributed by atoms with Crippen LogP contribution in [0.25, 0.3) is 0 Å². The van der Waals surface area contributed by atoms with E-state index in [4.69, 9.17) is 23.2 Å². The van der Waals surface area contributed by atoms with Crippen LogP contribution in [0.5, 0.6) is 0 Å². The zero-order chi connectivity index (χ0) is 6.69. The Morgan fingerprint density at radius 3 is 2.67 bits per heavy atom. The number of halogens is 2. The highest BCUT2D eigenvalue weighted by Gasteiger charge is 1.91. The van der Waals surface area contributed by atoms with Gasteiger partial charge in [0.05, 0.1) is 11.6 Å². The average Bonchev–Trinajstić information content (AvgIpc) is 1.88. The van der Waals surface area contributed by atoms with Gasteiger partial charge in [-0.25, -0.2) is 9.97 Å². The van der Waals surface area contributed by atoms with Crippen LogP contribution in [0.3, 0.4) is 0 Å². The van der Waals surface area contributed by atoms with Crippen LogP contribution in [0.4, 0.5) is 0 Å². The fourth-order valence-electron chi connectivity index (χ4n) is 0.443. The van der Waals surface area contributed by atoms with Crippen molar-refractivity contribution in [2.24, 2.45) is 0 Å². The van der Waals surface area contributed by atoms with E-state index in [0.717, 1.165) is 5.69 Å². The Hall–Kier alpha value is -0.340. The number of aromatic nitrogens is 2. The van der Waals surface area contributed by atoms with E-state index < -0.39 is 0 Å². The first-order chi connectivity index (χ1) is 4.33. The van der Waals surface area contributed by atoms with Crippen LogP contribution in [0.1, 0.15) is 5.69 Å². The molecule has 0 spiro atoms. The molecule has 1 rings (SSSR count). The molecule has 0 N–H and O–H groups in total. The molecule has 1 heterocycles. The van der Waals surface area contributed by atoms with Crippen LogP contribution in [-0.4, -0.2) is 9.97 Å². The van der Waals surface area contributed by atoms with E-state index in [1.165, 1.54) is 6.33 Å². The predicted octanol–water partition coefficient (Wildman–Crippen LogP) is 1.87. The highest BCUT2D eigenvalue weighted by molar-refractivity contribution is 6.29. The van der Waals surface area contributed by atoms with Crippen molar-refractivity contribution in [3.8, 4) is 0 Å². The first-order valence-corrected chi connectivity index (χ1v) is 3.26. The molecule has 48 valence electrons. The molecule has 0 aliphatic rings. The van der Waals surface area contributed by atoms with Crippen molar-refractivity contribution >= 4 is 23.2 Å². The second-order valence-corrected chi connectivity index (χ2v) is 2.12. The van der Waals surface area contributed by atoms with Crippen LogP contribution in [0.2, 0.25) is 5.15 Å². The van der Waals surface area contributed by atoms with E-state index in [1.807, 2.05) is 0 Å². The van der Waals surface area contributed by atoms with Gasteiger partial charge in [0.15, 0.2) is 0 Å². The Morgan fingerprint density at radius 2 is 2.22 bits per heavy atom. The number of hydrogen-bond donors (Lipinski definition) is 0. The quantitative estimate of drug-likeness (QED) is 0.466. The molecular weight excluding hydrogens is 159 g/mol. The summed E-state index contributed by atoms with van der Waals surface area (Å²) in [5, 5.41) is 0.431. The van der Waals surface area contributed by atoms with Gasteiger partial charge >= 0.3 is 0 Å². The zero-order valence-corrected chi connectivity index (χ0v) is 6.02. The zero-order valence-electron chi connectivity index (χ0n) is 4.51. The summed E-state index contributed by atoms with van der Waals surface area (Å²) in [6, 6.07) is 1.63. The third-order valence-electron chi connectivity index (χ3n) is 0.827. The summed E-state index contributed by atoms with van der Waals surface area (Å²) in [6.45, 7) is 0. The lowest BCUT2D eigenvalue weighted by atomic mass is 10.5. The van der Waals surface area contributed by atoms with Gasteiger partial charge in [0.2, 0.25) is 0 Å². The number of nitrogens with zero attached hydrogens (tertiary/aromatic N) is 2. The van der Waals surface area contributed by atoms with Gasteiger partial charge in [0, 0.05) is 0 Å². The van der Waals surface area contributed by atoms with Crippen molar-refractivity contribution in [2.45, 2.75) is 5.88 Å². The van der Waals surface area contributed by atoms with Crippen LogP contribution in [0.15, 0.2) is 12.4 Å². The van der Waals surface area contributed by atoms with Crippen molar-refractivity contribution in [3.05, 3.63) is 23.2 Å². The van der Waals surface area contributed by atoms with Crippen LogP contribution in [-0.2, 0) is 5.88 Å². The molecule has 0 saturated carbocycles. The van der Waals surface area contributed by atoms with E-state index in [2.05, 4.69) is 9.97 Å². The molecule has 2 nitrogen and oxygen atoms in total. The van der Waals surface area contributed by atoms with Crippen molar-refractivity contribution in [2.75, 3.05) is 0 Å². The minimum atomic E-state index is 0.377. The van der Waals surface area contributed by atoms with Gasteiger partial charge in [-0.3, -0.25) is 0 Å². The fraction of sp³-hybridized carbons (Fsp3) is 0.200. The molecule has 0 fully saturated rings. The maximum absolute atomic E-state index is 5.51. The molecule has 1 aromatic rings. The van der Waals surface area contributed by atoms with Crippen LogP contribution >= 0.6 is 23.2 Å². The summed E-state index contributed by atoms with van der Waals surface area (Å²) in [5.74, 6) is 0.377. The summed E-state index contributed by atoms with van der Waals surface area (Å²) in [4.78, 5) is 7.51. The molecule has 1 aromatic heterocycles. The molecule has 0 aliphatic heterocycles. The Kier molecular flexibility index (Phi) is 2.25. The molecule has 0 bridgehead atoms. The molecule has 0 amide bonds. The predicted molar refractivity (Wildman–Crippen MR) is 36.6 cm³/mol. The molecule has 0 unspecified atom stereocenters. The molecule has 0 aromatic carbocycles. The Balaban J connectivity index is 2.94. The summed E-state index contributed by atoms with van der Waals surface area (Å²) >= 11 is 11.0. The average molecular weight is 163 g/mol. The highest BCUT2D eigenvalue weighted by atomic mass is 35.5. The Labute approximate surface area is 62.8 Å². The second-order valence-electron chi connectivity index (χ2n) is 1.47. The lowest BCUT2D eigenvalue weighted by Gasteiger charge is -1.90. The standard InChI is InChI=1S/C5H4Cl2N2/c6-2-4-1-5(7)9-3-8-4/h1,3H,2H2. The van der Waals surface area contributed by atoms with Crippen molar-refractivity contribution in [1.82, 2.24) is 9.97 Å². The minimum absolute atomic E-state index is 0.377. The third-order valence-corrected chi connectivity index (χ3v) is 1.31. The summed E-state index contributed by atoms with van der Waals surface area (Å²) in [7, 11) is 0. The molecule has 0 atom stereocenters. The molecular formula is C5H4Cl2N2. The maximum atomic E-state index is 5.51. The lowest BCUT2D eigenvalue weighted by molar-refractivity contribution is 1.08. The van der Waals surface area contributed by atoms with E-state index in [-0.39, 0.29) is 0 Å². The number of hydrogen-bond acceptors (Lipinski definition) is 2. The molecule has 0 saturated heterocycles. The Morgan fingerprint density at radius 1 is 1.44 bits per heavy atom. The second kappa shape index (κ2) is 2.99. The fourth-order valence-corrected chi connectivity index (χ4v) is 0.759. The molecule has 0 radical (unpaired) electrons. The largest absolute Gasteiger partial charge is 0.240 e. The van der Waals surface area contributed by atoms with E-state index in [1.54, 1.807) is 6.07 Å². The number of alkyl halides is 1. The van der Waals surface area contributed by atoms with E-state index in [9.17, 15) is 0 Å². The first kappa shape index (κ1) is 6.78. The van der Waals surface area contributed by atoms with Crippen molar-refractivity contribution in [3.63, 3.8) is 0 Å². The van der Waals surface area contributed by atoms with Gasteiger partial charge in [0.25, 0.3) is 0 Å². The van der Waals surface area contributed by atoms with E-state index >= 15 is 0 Å². The lowest BCUT2D eigenvalue weighted by Crippen LogP contribution is -1.85. The summed E-state index contributed by atoms with van der Waals surface area (Å²) < 4.78 is 0. The van der Waals surface area contributed by atoms with E-state index in [0.29, 0.717) is 11.0 Å². The smallest absolute Gasteiger partial charge is 0.132 e. The Bertz CT molecular complexity index is 202. The van der Waals surface area contributed by atoms with Gasteiger partial charge in [-0.15, -0.1) is 11.6 Å². The maximum Gasteiger partial charge on any atom is 0.132 e. The molecule has 9 heavy (non-hydrogen) atoms. The van der Waals surface area contributed by atoms with Gasteiger partial charge in [0.1, 0.15) is 11.5 Å². The van der Waals surface area contributed by atoms with Gasteiger partial charge in [-0.1, -0.05) is 11.6 Å². The van der Waals surface area contributed by atoms with Gasteiger partial charge in [-0.2, -0.15) is 0 Å². The van der Waals surface area contributed by atoms with Crippen LogP contribution in [0, 0.1) is 0 Å². The summed E-state index contributed by atoms with van der Waals surface area (Å²) in [5.41, 5.74) is 0.747. The number of rotatable bonds is 1. The van der Waals surface area contributed by atoms with Crippen molar-refractivity contribution in [1.29, 1.82) is 0 Å². The van der Waals surface area contributed by atoms with Gasteiger partial charge in [-0.05, 0) is 6.07 Å². The highest BCUT2D eigenvalue weighted by Crippen LogP contribution is 2.05. The molecule has 0 aliphatic carbocycles. The van der Waals surface area contributed by atoms with Gasteiger partial charge < -0.3 is 0 Å². The normalized spacial score (nSPS) is 9.56. The van der Waals surface area contributed by atoms with Crippen LogP contribution < -0.4 is 0 Å². The van der Waals surface area contributed by atoms with Crippen molar-refractivity contribution < 1.29 is 0 Å². The topological polar surface area (TPSA) is 25.8 Å².